The average molecular weight is 332 g/mol. The van der Waals surface area contributed by atoms with Gasteiger partial charge in [0.2, 0.25) is 0 Å². The van der Waals surface area contributed by atoms with Gasteiger partial charge in [0.25, 0.3) is 5.92 Å². The second-order valence-electron chi connectivity index (χ2n) is 8.92. The van der Waals surface area contributed by atoms with Crippen molar-refractivity contribution < 1.29 is 18.3 Å². The van der Waals surface area contributed by atoms with Crippen LogP contribution in [0.5, 0.6) is 0 Å². The van der Waals surface area contributed by atoms with Gasteiger partial charge in [-0.2, -0.15) is 0 Å². The van der Waals surface area contributed by atoms with Crippen molar-refractivity contribution in [3.05, 3.63) is 0 Å². The first-order valence-corrected chi connectivity index (χ1v) is 8.47. The van der Waals surface area contributed by atoms with E-state index in [2.05, 4.69) is 26.1 Å². The molecule has 1 aliphatic heterocycles. The molecule has 134 valence electrons. The van der Waals surface area contributed by atoms with Gasteiger partial charge in [-0.05, 0) is 32.1 Å². The van der Waals surface area contributed by atoms with Crippen molar-refractivity contribution >= 4 is 6.09 Å². The van der Waals surface area contributed by atoms with E-state index in [1.165, 1.54) is 0 Å². The summed E-state index contributed by atoms with van der Waals surface area (Å²) in [5.74, 6) is -2.51. The highest BCUT2D eigenvalue weighted by molar-refractivity contribution is 5.68. The zero-order valence-electron chi connectivity index (χ0n) is 14.9. The molecule has 1 N–H and O–H groups in total. The Hall–Kier alpha value is -0.910. The van der Waals surface area contributed by atoms with E-state index in [0.29, 0.717) is 13.1 Å². The van der Waals surface area contributed by atoms with Crippen LogP contribution < -0.4 is 5.32 Å². The van der Waals surface area contributed by atoms with E-state index in [1.54, 1.807) is 4.90 Å². The van der Waals surface area contributed by atoms with Crippen molar-refractivity contribution in [1.29, 1.82) is 0 Å². The van der Waals surface area contributed by atoms with Crippen molar-refractivity contribution in [1.82, 2.24) is 10.2 Å². The molecule has 2 rings (SSSR count). The molecule has 2 aliphatic rings. The lowest BCUT2D eigenvalue weighted by Gasteiger charge is -2.37. The summed E-state index contributed by atoms with van der Waals surface area (Å²) in [5, 5.41) is 3.23. The fourth-order valence-corrected chi connectivity index (χ4v) is 3.79. The summed E-state index contributed by atoms with van der Waals surface area (Å²) in [4.78, 5) is 14.0. The van der Waals surface area contributed by atoms with Crippen LogP contribution in [0.3, 0.4) is 0 Å². The summed E-state index contributed by atoms with van der Waals surface area (Å²) in [5.41, 5.74) is -0.439. The zero-order chi connectivity index (χ0) is 17.5. The van der Waals surface area contributed by atoms with Gasteiger partial charge in [-0.25, -0.2) is 13.6 Å². The van der Waals surface area contributed by atoms with Gasteiger partial charge in [0.15, 0.2) is 0 Å². The van der Waals surface area contributed by atoms with E-state index in [-0.39, 0.29) is 36.4 Å². The van der Waals surface area contributed by atoms with Crippen LogP contribution in [0.2, 0.25) is 0 Å². The molecular formula is C17H30F2N2O2. The number of hydrogen-bond donors (Lipinski definition) is 1. The number of hydrogen-bond acceptors (Lipinski definition) is 3. The number of ether oxygens (including phenoxy) is 1. The second-order valence-corrected chi connectivity index (χ2v) is 8.92. The number of nitrogens with one attached hydrogen (secondary N) is 1. The summed E-state index contributed by atoms with van der Waals surface area (Å²) < 4.78 is 31.4. The molecule has 2 fully saturated rings. The van der Waals surface area contributed by atoms with Crippen LogP contribution >= 0.6 is 0 Å². The number of halogens is 2. The van der Waals surface area contributed by atoms with Crippen LogP contribution in [0.4, 0.5) is 13.6 Å². The van der Waals surface area contributed by atoms with E-state index in [9.17, 15) is 13.6 Å². The molecule has 1 heterocycles. The number of alkyl halides is 2. The highest BCUT2D eigenvalue weighted by Gasteiger charge is 2.46. The van der Waals surface area contributed by atoms with Gasteiger partial charge in [-0.3, -0.25) is 0 Å². The number of rotatable bonds is 4. The molecule has 1 aliphatic carbocycles. The predicted octanol–water partition coefficient (Wildman–Crippen LogP) is 3.80. The van der Waals surface area contributed by atoms with Crippen LogP contribution in [-0.4, -0.2) is 47.7 Å². The Morgan fingerprint density at radius 2 is 1.83 bits per heavy atom. The largest absolute Gasteiger partial charge is 0.443 e. The van der Waals surface area contributed by atoms with Gasteiger partial charge < -0.3 is 15.0 Å². The topological polar surface area (TPSA) is 41.6 Å². The number of likely N-dealkylation sites (tertiary alicyclic amines) is 1. The first kappa shape index (κ1) is 18.4. The lowest BCUT2D eigenvalue weighted by atomic mass is 9.84. The van der Waals surface area contributed by atoms with Crippen LogP contribution in [0.15, 0.2) is 0 Å². The van der Waals surface area contributed by atoms with E-state index in [0.717, 1.165) is 12.8 Å². The minimum Gasteiger partial charge on any atom is -0.443 e. The maximum atomic E-state index is 12.9. The average Bonchev–Trinajstić information content (AvgIpc) is 2.70. The third-order valence-electron chi connectivity index (χ3n) is 4.33. The molecule has 1 amide bonds. The Kier molecular flexibility index (Phi) is 4.96. The Bertz CT molecular complexity index is 438. The molecule has 23 heavy (non-hydrogen) atoms. The lowest BCUT2D eigenvalue weighted by molar-refractivity contribution is -0.0945. The first-order chi connectivity index (χ1) is 10.4. The molecule has 1 saturated heterocycles. The molecule has 0 bridgehead atoms. The van der Waals surface area contributed by atoms with Crippen molar-refractivity contribution in [3.63, 3.8) is 0 Å². The third-order valence-corrected chi connectivity index (χ3v) is 4.33. The number of carbonyl (C=O) groups is 1. The summed E-state index contributed by atoms with van der Waals surface area (Å²) in [6.45, 7) is 11.4. The first-order valence-electron chi connectivity index (χ1n) is 8.47. The van der Waals surface area contributed by atoms with Crippen LogP contribution in [0.25, 0.3) is 0 Å². The van der Waals surface area contributed by atoms with E-state index >= 15 is 0 Å². The molecule has 0 aromatic heterocycles. The van der Waals surface area contributed by atoms with Gasteiger partial charge in [-0.1, -0.05) is 20.8 Å². The highest BCUT2D eigenvalue weighted by Crippen LogP contribution is 2.38. The van der Waals surface area contributed by atoms with E-state index in [1.807, 2.05) is 13.8 Å². The second kappa shape index (κ2) is 6.19. The molecule has 0 aromatic rings. The Labute approximate surface area is 137 Å². The van der Waals surface area contributed by atoms with Crippen LogP contribution in [0.1, 0.15) is 60.3 Å². The van der Waals surface area contributed by atoms with E-state index in [4.69, 9.17) is 4.74 Å². The van der Waals surface area contributed by atoms with Crippen molar-refractivity contribution in [2.45, 2.75) is 83.9 Å². The Morgan fingerprint density at radius 3 is 2.35 bits per heavy atom. The number of nitrogens with zero attached hydrogens (tertiary/aromatic N) is 1. The Balaban J connectivity index is 1.76. The standard InChI is InChI=1S/C17H30F2N2O2/c1-15(2,3)11-16(4,5)23-14(22)21-7-6-12(10-21)20-13-8-17(18,19)9-13/h12-13,20H,6-11H2,1-5H3. The van der Waals surface area contributed by atoms with Gasteiger partial charge in [0.1, 0.15) is 5.60 Å². The minimum atomic E-state index is -2.51. The summed E-state index contributed by atoms with van der Waals surface area (Å²) in [7, 11) is 0. The third kappa shape index (κ3) is 5.59. The number of carbonyl (C=O) groups excluding carboxylic acids is 1. The molecule has 0 radical (unpaired) electrons. The summed E-state index contributed by atoms with van der Waals surface area (Å²) >= 11 is 0. The van der Waals surface area contributed by atoms with Gasteiger partial charge in [0, 0.05) is 38.0 Å². The molecule has 1 unspecified atom stereocenters. The SMILES string of the molecule is CC(C)(C)CC(C)(C)OC(=O)N1CCC(NC2CC(F)(F)C2)C1. The maximum Gasteiger partial charge on any atom is 0.410 e. The van der Waals surface area contributed by atoms with Gasteiger partial charge in [-0.15, -0.1) is 0 Å². The van der Waals surface area contributed by atoms with Crippen molar-refractivity contribution in [2.75, 3.05) is 13.1 Å². The monoisotopic (exact) mass is 332 g/mol. The fraction of sp³-hybridized carbons (Fsp3) is 0.941. The van der Waals surface area contributed by atoms with Gasteiger partial charge >= 0.3 is 6.09 Å². The Morgan fingerprint density at radius 1 is 1.22 bits per heavy atom. The zero-order valence-corrected chi connectivity index (χ0v) is 14.9. The minimum absolute atomic E-state index is 0.0777. The predicted molar refractivity (Wildman–Crippen MR) is 85.7 cm³/mol. The van der Waals surface area contributed by atoms with Crippen LogP contribution in [0, 0.1) is 5.41 Å². The molecule has 1 saturated carbocycles. The molecular weight excluding hydrogens is 302 g/mol. The fourth-order valence-electron chi connectivity index (χ4n) is 3.79. The van der Waals surface area contributed by atoms with Crippen molar-refractivity contribution in [3.8, 4) is 0 Å². The van der Waals surface area contributed by atoms with Crippen LogP contribution in [-0.2, 0) is 4.74 Å². The molecule has 6 heteroatoms. The normalized spacial score (nSPS) is 25.3. The lowest BCUT2D eigenvalue weighted by Crippen LogP contribution is -2.52. The van der Waals surface area contributed by atoms with E-state index < -0.39 is 11.5 Å². The molecule has 0 spiro atoms. The molecule has 4 nitrogen and oxygen atoms in total. The highest BCUT2D eigenvalue weighted by atomic mass is 19.3. The molecule has 1 atom stereocenters. The van der Waals surface area contributed by atoms with Crippen molar-refractivity contribution in [2.24, 2.45) is 5.41 Å². The smallest absolute Gasteiger partial charge is 0.410 e. The maximum absolute atomic E-state index is 12.9. The summed E-state index contributed by atoms with van der Waals surface area (Å²) in [6.07, 6.45) is 1.08. The van der Waals surface area contributed by atoms with Gasteiger partial charge in [0.05, 0.1) is 0 Å². The summed E-state index contributed by atoms with van der Waals surface area (Å²) in [6, 6.07) is -0.0299. The number of amides is 1. The molecule has 0 aromatic carbocycles. The quantitative estimate of drug-likeness (QED) is 0.851.